The van der Waals surface area contributed by atoms with Crippen molar-refractivity contribution >= 4 is 29.2 Å². The van der Waals surface area contributed by atoms with Gasteiger partial charge in [0.15, 0.2) is 0 Å². The molecule has 0 saturated heterocycles. The molecule has 1 heterocycles. The number of imidazole rings is 1. The van der Waals surface area contributed by atoms with Crippen LogP contribution in [-0.2, 0) is 11.4 Å². The van der Waals surface area contributed by atoms with Crippen LogP contribution >= 0.6 is 11.6 Å². The monoisotopic (exact) mass is 267 g/mol. The van der Waals surface area contributed by atoms with E-state index in [0.29, 0.717) is 10.7 Å². The minimum Gasteiger partial charge on any atom is -0.592 e. The third-order valence-corrected chi connectivity index (χ3v) is 2.72. The van der Waals surface area contributed by atoms with Gasteiger partial charge in [-0.05, 0) is 24.3 Å². The number of aromatic nitrogens is 2. The largest absolute Gasteiger partial charge is 0.592 e. The summed E-state index contributed by atoms with van der Waals surface area (Å²) in [5.74, 6) is 0. The Morgan fingerprint density at radius 1 is 1.41 bits per heavy atom. The summed E-state index contributed by atoms with van der Waals surface area (Å²) in [7, 11) is 0. The van der Waals surface area contributed by atoms with Crippen molar-refractivity contribution in [3.63, 3.8) is 0 Å². The van der Waals surface area contributed by atoms with Crippen LogP contribution in [0.15, 0.2) is 41.2 Å². The first kappa shape index (κ1) is 12.2. The number of benzene rings is 1. The summed E-state index contributed by atoms with van der Waals surface area (Å²) in [5.41, 5.74) is 1.62. The maximum absolute atomic E-state index is 10.8. The van der Waals surface area contributed by atoms with E-state index in [1.54, 1.807) is 12.5 Å². The number of hydrogen-bond acceptors (Lipinski definition) is 3. The Morgan fingerprint density at radius 2 is 2.12 bits per heavy atom. The molecule has 2 aromatic rings. The van der Waals surface area contributed by atoms with Crippen LogP contribution in [0, 0.1) is 0 Å². The molecule has 1 unspecified atom stereocenters. The van der Waals surface area contributed by atoms with Crippen molar-refractivity contribution in [3.05, 3.63) is 47.5 Å². The molecule has 0 saturated carbocycles. The van der Waals surface area contributed by atoms with Gasteiger partial charge in [0.05, 0.1) is 17.7 Å². The van der Waals surface area contributed by atoms with Crippen LogP contribution < -0.4 is 0 Å². The molecule has 1 aromatic carbocycles. The molecular formula is C11H10ClN3OS. The summed E-state index contributed by atoms with van der Waals surface area (Å²) in [6.45, 7) is 0. The van der Waals surface area contributed by atoms with Gasteiger partial charge in [-0.15, -0.1) is 0 Å². The minimum atomic E-state index is -1.20. The van der Waals surface area contributed by atoms with Gasteiger partial charge >= 0.3 is 0 Å². The zero-order chi connectivity index (χ0) is 12.3. The van der Waals surface area contributed by atoms with Crippen LogP contribution in [0.4, 0.5) is 0 Å². The van der Waals surface area contributed by atoms with E-state index < -0.39 is 11.4 Å². The molecule has 88 valence electrons. The Labute approximate surface area is 107 Å². The standard InChI is InChI=1S/C11H10ClN3OS/c1-17(16)14-6-10-7-15(8-13-10)11-4-2-9(12)3-5-11/h2-8H,1H3. The quantitative estimate of drug-likeness (QED) is 0.633. The highest BCUT2D eigenvalue weighted by Gasteiger charge is 2.00. The summed E-state index contributed by atoms with van der Waals surface area (Å²) in [6.07, 6.45) is 6.47. The Balaban J connectivity index is 2.21. The molecule has 0 radical (unpaired) electrons. The van der Waals surface area contributed by atoms with Gasteiger partial charge in [0.25, 0.3) is 0 Å². The van der Waals surface area contributed by atoms with Gasteiger partial charge in [-0.25, -0.2) is 4.98 Å². The zero-order valence-electron chi connectivity index (χ0n) is 9.08. The fourth-order valence-electron chi connectivity index (χ4n) is 1.29. The molecule has 0 amide bonds. The molecule has 1 aromatic heterocycles. The summed E-state index contributed by atoms with van der Waals surface area (Å²) < 4.78 is 16.4. The lowest BCUT2D eigenvalue weighted by molar-refractivity contribution is 0.603. The Kier molecular flexibility index (Phi) is 3.83. The van der Waals surface area contributed by atoms with E-state index in [2.05, 4.69) is 9.38 Å². The number of halogens is 1. The van der Waals surface area contributed by atoms with Crippen molar-refractivity contribution < 1.29 is 4.55 Å². The van der Waals surface area contributed by atoms with E-state index in [1.807, 2.05) is 28.8 Å². The van der Waals surface area contributed by atoms with E-state index >= 15 is 0 Å². The molecule has 0 aliphatic carbocycles. The van der Waals surface area contributed by atoms with Crippen molar-refractivity contribution in [1.29, 1.82) is 0 Å². The van der Waals surface area contributed by atoms with Gasteiger partial charge in [0, 0.05) is 16.9 Å². The van der Waals surface area contributed by atoms with Crippen LogP contribution in [0.5, 0.6) is 0 Å². The average Bonchev–Trinajstić information content (AvgIpc) is 2.76. The predicted molar refractivity (Wildman–Crippen MR) is 70.2 cm³/mol. The normalized spacial score (nSPS) is 13.1. The van der Waals surface area contributed by atoms with Crippen molar-refractivity contribution in [2.75, 3.05) is 6.26 Å². The molecule has 6 heteroatoms. The third kappa shape index (κ3) is 3.33. The zero-order valence-corrected chi connectivity index (χ0v) is 10.6. The van der Waals surface area contributed by atoms with Crippen LogP contribution in [0.3, 0.4) is 0 Å². The molecule has 0 fully saturated rings. The topological polar surface area (TPSA) is 53.2 Å². The highest BCUT2D eigenvalue weighted by atomic mass is 35.5. The molecule has 4 nitrogen and oxygen atoms in total. The van der Waals surface area contributed by atoms with Gasteiger partial charge in [-0.3, -0.25) is 0 Å². The summed E-state index contributed by atoms with van der Waals surface area (Å²) in [4.78, 5) is 4.13. The van der Waals surface area contributed by atoms with Crippen LogP contribution in [0.2, 0.25) is 5.02 Å². The smallest absolute Gasteiger partial charge is 0.123 e. The predicted octanol–water partition coefficient (Wildman–Crippen LogP) is 2.24. The molecule has 0 aliphatic heterocycles. The van der Waals surface area contributed by atoms with Gasteiger partial charge in [0.2, 0.25) is 0 Å². The van der Waals surface area contributed by atoms with Crippen LogP contribution in [0.25, 0.3) is 5.69 Å². The van der Waals surface area contributed by atoms with E-state index in [4.69, 9.17) is 11.6 Å². The molecule has 1 atom stereocenters. The maximum atomic E-state index is 10.8. The van der Waals surface area contributed by atoms with Gasteiger partial charge in [-0.2, -0.15) is 0 Å². The van der Waals surface area contributed by atoms with Gasteiger partial charge < -0.3 is 9.12 Å². The SMILES string of the molecule is C[S+]([O-])N=Cc1cn(-c2ccc(Cl)cc2)cn1. The van der Waals surface area contributed by atoms with Crippen molar-refractivity contribution in [2.45, 2.75) is 0 Å². The van der Waals surface area contributed by atoms with E-state index in [-0.39, 0.29) is 0 Å². The summed E-state index contributed by atoms with van der Waals surface area (Å²) >= 11 is 4.61. The molecular weight excluding hydrogens is 258 g/mol. The van der Waals surface area contributed by atoms with E-state index in [0.717, 1.165) is 5.69 Å². The molecule has 0 spiro atoms. The highest BCUT2D eigenvalue weighted by molar-refractivity contribution is 7.89. The van der Waals surface area contributed by atoms with E-state index in [9.17, 15) is 4.55 Å². The molecule has 0 N–H and O–H groups in total. The first-order chi connectivity index (χ1) is 8.15. The van der Waals surface area contributed by atoms with Crippen LogP contribution in [-0.4, -0.2) is 26.6 Å². The van der Waals surface area contributed by atoms with Crippen LogP contribution in [0.1, 0.15) is 5.69 Å². The van der Waals surface area contributed by atoms with Gasteiger partial charge in [-0.1, -0.05) is 16.0 Å². The van der Waals surface area contributed by atoms with E-state index in [1.165, 1.54) is 12.5 Å². The lowest BCUT2D eigenvalue weighted by Crippen LogP contribution is -1.92. The number of hydrogen-bond donors (Lipinski definition) is 0. The summed E-state index contributed by atoms with van der Waals surface area (Å²) in [5, 5.41) is 0.692. The molecule has 17 heavy (non-hydrogen) atoms. The Morgan fingerprint density at radius 3 is 2.76 bits per heavy atom. The molecule has 2 rings (SSSR count). The summed E-state index contributed by atoms with van der Waals surface area (Å²) in [6, 6.07) is 7.41. The number of nitrogens with zero attached hydrogens (tertiary/aromatic N) is 3. The number of rotatable bonds is 3. The average molecular weight is 268 g/mol. The Hall–Kier alpha value is -1.30. The Bertz CT molecular complexity index is 522. The first-order valence-electron chi connectivity index (χ1n) is 4.83. The van der Waals surface area contributed by atoms with Crippen molar-refractivity contribution in [3.8, 4) is 5.69 Å². The maximum Gasteiger partial charge on any atom is 0.123 e. The lowest BCUT2D eigenvalue weighted by atomic mass is 10.3. The fraction of sp³-hybridized carbons (Fsp3) is 0.0909. The molecule has 0 aliphatic rings. The first-order valence-corrected chi connectivity index (χ1v) is 6.72. The second-order valence-corrected chi connectivity index (χ2v) is 4.84. The highest BCUT2D eigenvalue weighted by Crippen LogP contribution is 2.13. The van der Waals surface area contributed by atoms with Crippen molar-refractivity contribution in [1.82, 2.24) is 9.55 Å². The second kappa shape index (κ2) is 5.35. The second-order valence-electron chi connectivity index (χ2n) is 3.34. The van der Waals surface area contributed by atoms with Gasteiger partial charge in [0.1, 0.15) is 18.2 Å². The minimum absolute atomic E-state index is 0.662. The molecule has 0 bridgehead atoms. The lowest BCUT2D eigenvalue weighted by Gasteiger charge is -2.00. The fourth-order valence-corrected chi connectivity index (χ4v) is 1.67. The van der Waals surface area contributed by atoms with Crippen molar-refractivity contribution in [2.24, 2.45) is 4.40 Å². The third-order valence-electron chi connectivity index (χ3n) is 2.06.